The van der Waals surface area contributed by atoms with Crippen LogP contribution < -0.4 is 5.73 Å². The van der Waals surface area contributed by atoms with Gasteiger partial charge >= 0.3 is 0 Å². The molecular weight excluding hydrogens is 244 g/mol. The summed E-state index contributed by atoms with van der Waals surface area (Å²) in [6.45, 7) is 18.8. The molecule has 0 spiro atoms. The molecule has 0 aromatic carbocycles. The summed E-state index contributed by atoms with van der Waals surface area (Å²) in [5.41, 5.74) is 6.87. The number of nitrogens with two attached hydrogens (primary N) is 1. The first-order valence-corrected chi connectivity index (χ1v) is 8.60. The van der Waals surface area contributed by atoms with Crippen molar-refractivity contribution < 1.29 is 0 Å². The van der Waals surface area contributed by atoms with Gasteiger partial charge in [-0.05, 0) is 56.3 Å². The Bertz CT molecular complexity index is 278. The first kappa shape index (κ1) is 18.0. The van der Waals surface area contributed by atoms with Gasteiger partial charge < -0.3 is 10.6 Å². The van der Waals surface area contributed by atoms with E-state index in [9.17, 15) is 0 Å². The van der Waals surface area contributed by atoms with Crippen LogP contribution in [0.15, 0.2) is 0 Å². The predicted molar refractivity (Wildman–Crippen MR) is 89.8 cm³/mol. The number of hydrogen-bond acceptors (Lipinski definition) is 2. The topological polar surface area (TPSA) is 29.3 Å². The van der Waals surface area contributed by atoms with Crippen molar-refractivity contribution in [2.45, 2.75) is 79.8 Å². The molecule has 1 aliphatic rings. The number of nitrogens with zero attached hydrogens (tertiary/aromatic N) is 1. The maximum atomic E-state index is 6.44. The highest BCUT2D eigenvalue weighted by Gasteiger charge is 2.35. The van der Waals surface area contributed by atoms with Crippen LogP contribution >= 0.6 is 0 Å². The number of rotatable bonds is 5. The van der Waals surface area contributed by atoms with Crippen LogP contribution in [0.5, 0.6) is 0 Å². The minimum atomic E-state index is 0.405. The molecule has 3 atom stereocenters. The van der Waals surface area contributed by atoms with E-state index >= 15 is 0 Å². The second-order valence-electron chi connectivity index (χ2n) is 8.74. The van der Waals surface area contributed by atoms with E-state index in [1.807, 2.05) is 0 Å². The van der Waals surface area contributed by atoms with Gasteiger partial charge in [0.2, 0.25) is 0 Å². The van der Waals surface area contributed by atoms with Crippen LogP contribution in [0, 0.1) is 23.2 Å². The average Bonchev–Trinajstić information content (AvgIpc) is 2.28. The third kappa shape index (κ3) is 5.37. The second kappa shape index (κ2) is 7.26. The fourth-order valence-corrected chi connectivity index (χ4v) is 3.55. The van der Waals surface area contributed by atoms with Crippen LogP contribution in [0.3, 0.4) is 0 Å². The van der Waals surface area contributed by atoms with E-state index in [-0.39, 0.29) is 0 Å². The molecule has 0 aromatic heterocycles. The van der Waals surface area contributed by atoms with Gasteiger partial charge in [0.1, 0.15) is 0 Å². The minimum absolute atomic E-state index is 0.405. The molecule has 2 heteroatoms. The SMILES string of the molecule is CC(C)CN(CC1CC(C(C)(C)C)CCC1N)C(C)C. The van der Waals surface area contributed by atoms with Crippen LogP contribution in [-0.4, -0.2) is 30.1 Å². The smallest absolute Gasteiger partial charge is 0.00795 e. The predicted octanol–water partition coefficient (Wildman–Crippen LogP) is 4.14. The second-order valence-corrected chi connectivity index (χ2v) is 8.74. The molecule has 1 saturated carbocycles. The third-order valence-corrected chi connectivity index (χ3v) is 5.06. The molecule has 3 unspecified atom stereocenters. The molecule has 2 nitrogen and oxygen atoms in total. The van der Waals surface area contributed by atoms with Crippen molar-refractivity contribution in [1.29, 1.82) is 0 Å². The van der Waals surface area contributed by atoms with Gasteiger partial charge in [-0.3, -0.25) is 0 Å². The highest BCUT2D eigenvalue weighted by molar-refractivity contribution is 4.89. The summed E-state index contributed by atoms with van der Waals surface area (Å²) < 4.78 is 0. The van der Waals surface area contributed by atoms with E-state index in [1.165, 1.54) is 32.4 Å². The van der Waals surface area contributed by atoms with Crippen LogP contribution in [0.25, 0.3) is 0 Å². The Balaban J connectivity index is 2.66. The molecule has 0 saturated heterocycles. The Morgan fingerprint density at radius 2 is 1.70 bits per heavy atom. The van der Waals surface area contributed by atoms with Crippen LogP contribution in [-0.2, 0) is 0 Å². The minimum Gasteiger partial charge on any atom is -0.327 e. The summed E-state index contributed by atoms with van der Waals surface area (Å²) in [6, 6.07) is 1.03. The Morgan fingerprint density at radius 3 is 2.15 bits per heavy atom. The van der Waals surface area contributed by atoms with Crippen molar-refractivity contribution in [3.05, 3.63) is 0 Å². The molecule has 1 fully saturated rings. The normalized spacial score (nSPS) is 28.6. The van der Waals surface area contributed by atoms with Gasteiger partial charge in [0.25, 0.3) is 0 Å². The fourth-order valence-electron chi connectivity index (χ4n) is 3.55. The summed E-state index contributed by atoms with van der Waals surface area (Å²) in [7, 11) is 0. The quantitative estimate of drug-likeness (QED) is 0.821. The molecule has 20 heavy (non-hydrogen) atoms. The van der Waals surface area contributed by atoms with Gasteiger partial charge in [0, 0.05) is 25.2 Å². The lowest BCUT2D eigenvalue weighted by Gasteiger charge is -2.43. The first-order valence-electron chi connectivity index (χ1n) is 8.60. The van der Waals surface area contributed by atoms with Crippen molar-refractivity contribution >= 4 is 0 Å². The van der Waals surface area contributed by atoms with E-state index in [2.05, 4.69) is 53.4 Å². The summed E-state index contributed by atoms with van der Waals surface area (Å²) in [6.07, 6.45) is 3.83. The van der Waals surface area contributed by atoms with Gasteiger partial charge in [0.15, 0.2) is 0 Å². The zero-order valence-corrected chi connectivity index (χ0v) is 14.9. The zero-order chi connectivity index (χ0) is 15.5. The molecule has 120 valence electrons. The third-order valence-electron chi connectivity index (χ3n) is 5.06. The highest BCUT2D eigenvalue weighted by Crippen LogP contribution is 2.40. The lowest BCUT2D eigenvalue weighted by Crippen LogP contribution is -2.47. The molecule has 1 rings (SSSR count). The van der Waals surface area contributed by atoms with E-state index in [0.29, 0.717) is 23.4 Å². The Hall–Kier alpha value is -0.0800. The molecule has 0 amide bonds. The van der Waals surface area contributed by atoms with Gasteiger partial charge in [-0.1, -0.05) is 34.6 Å². The Labute approximate surface area is 127 Å². The van der Waals surface area contributed by atoms with Crippen molar-refractivity contribution in [2.24, 2.45) is 28.9 Å². The van der Waals surface area contributed by atoms with E-state index in [0.717, 1.165) is 11.8 Å². The van der Waals surface area contributed by atoms with Crippen molar-refractivity contribution in [1.82, 2.24) is 4.90 Å². The molecule has 0 aliphatic heterocycles. The van der Waals surface area contributed by atoms with E-state index < -0.39 is 0 Å². The van der Waals surface area contributed by atoms with Crippen LogP contribution in [0.1, 0.15) is 67.7 Å². The first-order chi connectivity index (χ1) is 9.11. The van der Waals surface area contributed by atoms with E-state index in [4.69, 9.17) is 5.73 Å². The molecule has 0 radical (unpaired) electrons. The molecular formula is C18H38N2. The standard InChI is InChI=1S/C18H38N2/c1-13(2)11-20(14(3)4)12-15-10-16(18(5,6)7)8-9-17(15)19/h13-17H,8-12,19H2,1-7H3. The highest BCUT2D eigenvalue weighted by atomic mass is 15.1. The molecule has 1 aliphatic carbocycles. The monoisotopic (exact) mass is 282 g/mol. The van der Waals surface area contributed by atoms with E-state index in [1.54, 1.807) is 0 Å². The molecule has 0 heterocycles. The van der Waals surface area contributed by atoms with Crippen molar-refractivity contribution in [3.63, 3.8) is 0 Å². The summed E-state index contributed by atoms with van der Waals surface area (Å²) in [4.78, 5) is 2.64. The van der Waals surface area contributed by atoms with Gasteiger partial charge in [-0.25, -0.2) is 0 Å². The summed E-state index contributed by atoms with van der Waals surface area (Å²) in [5, 5.41) is 0. The van der Waals surface area contributed by atoms with Gasteiger partial charge in [-0.15, -0.1) is 0 Å². The zero-order valence-electron chi connectivity index (χ0n) is 14.9. The maximum Gasteiger partial charge on any atom is 0.00795 e. The Kier molecular flexibility index (Phi) is 6.53. The Morgan fingerprint density at radius 1 is 1.10 bits per heavy atom. The van der Waals surface area contributed by atoms with Crippen molar-refractivity contribution in [2.75, 3.05) is 13.1 Å². The molecule has 0 aromatic rings. The van der Waals surface area contributed by atoms with Gasteiger partial charge in [0.05, 0.1) is 0 Å². The van der Waals surface area contributed by atoms with Crippen LogP contribution in [0.4, 0.5) is 0 Å². The van der Waals surface area contributed by atoms with Crippen LogP contribution in [0.2, 0.25) is 0 Å². The van der Waals surface area contributed by atoms with Crippen molar-refractivity contribution in [3.8, 4) is 0 Å². The van der Waals surface area contributed by atoms with Gasteiger partial charge in [-0.2, -0.15) is 0 Å². The molecule has 2 N–H and O–H groups in total. The lowest BCUT2D eigenvalue weighted by atomic mass is 9.67. The summed E-state index contributed by atoms with van der Waals surface area (Å²) in [5.74, 6) is 2.24. The fraction of sp³-hybridized carbons (Fsp3) is 1.00. The summed E-state index contributed by atoms with van der Waals surface area (Å²) >= 11 is 0. The maximum absolute atomic E-state index is 6.44. The largest absolute Gasteiger partial charge is 0.327 e. The lowest BCUT2D eigenvalue weighted by molar-refractivity contribution is 0.0838. The molecule has 0 bridgehead atoms. The average molecular weight is 283 g/mol. The number of hydrogen-bond donors (Lipinski definition) is 1.